The van der Waals surface area contributed by atoms with Crippen LogP contribution in [0.1, 0.15) is 62.3 Å². The fraction of sp³-hybridized carbons (Fsp3) is 0.714. The molecule has 7 heteroatoms. The van der Waals surface area contributed by atoms with Gasteiger partial charge in [0.25, 0.3) is 5.91 Å². The standard InChI is InChI=1S/C14H23N3O3S/c1-8(2)10-11(21-17-16-10)12(18)15-7-9(13(19)20)6-14(3,4)5/h8-9H,6-7H2,1-5H3,(H,15,18)(H,19,20). The van der Waals surface area contributed by atoms with E-state index in [2.05, 4.69) is 14.9 Å². The van der Waals surface area contributed by atoms with Crippen LogP contribution in [-0.2, 0) is 4.79 Å². The zero-order chi connectivity index (χ0) is 16.2. The second-order valence-corrected chi connectivity index (χ2v) is 7.41. The second kappa shape index (κ2) is 6.98. The lowest BCUT2D eigenvalue weighted by Gasteiger charge is -2.23. The molecule has 0 saturated carbocycles. The summed E-state index contributed by atoms with van der Waals surface area (Å²) in [4.78, 5) is 23.9. The van der Waals surface area contributed by atoms with Crippen LogP contribution in [-0.4, -0.2) is 33.1 Å². The maximum Gasteiger partial charge on any atom is 0.308 e. The minimum absolute atomic E-state index is 0.106. The van der Waals surface area contributed by atoms with Gasteiger partial charge in [-0.2, -0.15) is 0 Å². The molecular weight excluding hydrogens is 290 g/mol. The molecular formula is C14H23N3O3S. The first-order chi connectivity index (χ1) is 9.61. The molecule has 0 aliphatic rings. The number of hydrogen-bond donors (Lipinski definition) is 2. The van der Waals surface area contributed by atoms with Gasteiger partial charge in [0, 0.05) is 6.54 Å². The van der Waals surface area contributed by atoms with Crippen LogP contribution in [0.4, 0.5) is 0 Å². The van der Waals surface area contributed by atoms with Crippen molar-refractivity contribution in [3.8, 4) is 0 Å². The molecule has 1 aromatic rings. The van der Waals surface area contributed by atoms with Gasteiger partial charge in [0.15, 0.2) is 0 Å². The summed E-state index contributed by atoms with van der Waals surface area (Å²) in [6.45, 7) is 9.93. The smallest absolute Gasteiger partial charge is 0.308 e. The van der Waals surface area contributed by atoms with Gasteiger partial charge in [0.2, 0.25) is 0 Å². The molecule has 0 spiro atoms. The summed E-state index contributed by atoms with van der Waals surface area (Å²) in [7, 11) is 0. The number of aromatic nitrogens is 2. The molecule has 2 N–H and O–H groups in total. The molecule has 1 aromatic heterocycles. The molecule has 6 nitrogen and oxygen atoms in total. The highest BCUT2D eigenvalue weighted by atomic mass is 32.1. The molecule has 21 heavy (non-hydrogen) atoms. The topological polar surface area (TPSA) is 92.2 Å². The van der Waals surface area contributed by atoms with Crippen molar-refractivity contribution in [3.63, 3.8) is 0 Å². The van der Waals surface area contributed by atoms with Crippen molar-refractivity contribution >= 4 is 23.4 Å². The lowest BCUT2D eigenvalue weighted by Crippen LogP contribution is -2.35. The van der Waals surface area contributed by atoms with E-state index in [-0.39, 0.29) is 23.8 Å². The van der Waals surface area contributed by atoms with Crippen molar-refractivity contribution in [1.82, 2.24) is 14.9 Å². The van der Waals surface area contributed by atoms with E-state index < -0.39 is 11.9 Å². The average Bonchev–Trinajstić information content (AvgIpc) is 2.81. The normalized spacial score (nSPS) is 13.2. The Morgan fingerprint density at radius 2 is 1.95 bits per heavy atom. The molecule has 0 saturated heterocycles. The first-order valence-corrected chi connectivity index (χ1v) is 7.72. The summed E-state index contributed by atoms with van der Waals surface area (Å²) in [5, 5.41) is 15.9. The van der Waals surface area contributed by atoms with Crippen molar-refractivity contribution < 1.29 is 14.7 Å². The van der Waals surface area contributed by atoms with Crippen LogP contribution < -0.4 is 5.32 Å². The number of aliphatic carboxylic acids is 1. The monoisotopic (exact) mass is 313 g/mol. The predicted molar refractivity (Wildman–Crippen MR) is 81.5 cm³/mol. The van der Waals surface area contributed by atoms with E-state index in [9.17, 15) is 14.7 Å². The largest absolute Gasteiger partial charge is 0.481 e. The molecule has 1 rings (SSSR count). The van der Waals surface area contributed by atoms with E-state index in [0.29, 0.717) is 17.0 Å². The van der Waals surface area contributed by atoms with E-state index in [0.717, 1.165) is 11.5 Å². The SMILES string of the molecule is CC(C)c1nnsc1C(=O)NCC(CC(C)(C)C)C(=O)O. The summed E-state index contributed by atoms with van der Waals surface area (Å²) in [6.07, 6.45) is 0.501. The third-order valence-corrected chi connectivity index (χ3v) is 3.72. The number of carboxylic acid groups (broad SMARTS) is 1. The molecule has 0 aromatic carbocycles. The van der Waals surface area contributed by atoms with Gasteiger partial charge in [0.1, 0.15) is 4.88 Å². The van der Waals surface area contributed by atoms with Crippen molar-refractivity contribution in [2.24, 2.45) is 11.3 Å². The number of nitrogens with zero attached hydrogens (tertiary/aromatic N) is 2. The van der Waals surface area contributed by atoms with Crippen LogP contribution in [0.2, 0.25) is 0 Å². The number of carbonyl (C=O) groups excluding carboxylic acids is 1. The quantitative estimate of drug-likeness (QED) is 0.842. The Kier molecular flexibility index (Phi) is 5.83. The van der Waals surface area contributed by atoms with Gasteiger partial charge in [-0.25, -0.2) is 0 Å². The Bertz CT molecular complexity index is 506. The minimum Gasteiger partial charge on any atom is -0.481 e. The predicted octanol–water partition coefficient (Wildman–Crippen LogP) is 2.53. The molecule has 0 radical (unpaired) electrons. The minimum atomic E-state index is -0.892. The number of carboxylic acids is 1. The number of rotatable bonds is 6. The van der Waals surface area contributed by atoms with Gasteiger partial charge >= 0.3 is 5.97 Å². The van der Waals surface area contributed by atoms with Crippen LogP contribution >= 0.6 is 11.5 Å². The van der Waals surface area contributed by atoms with Crippen LogP contribution in [0.5, 0.6) is 0 Å². The summed E-state index contributed by atoms with van der Waals surface area (Å²) in [6, 6.07) is 0. The maximum atomic E-state index is 12.2. The summed E-state index contributed by atoms with van der Waals surface area (Å²) >= 11 is 1.04. The molecule has 1 atom stereocenters. The van der Waals surface area contributed by atoms with Gasteiger partial charge in [-0.05, 0) is 29.3 Å². The third kappa shape index (κ3) is 5.41. The van der Waals surface area contributed by atoms with Gasteiger partial charge < -0.3 is 10.4 Å². The van der Waals surface area contributed by atoms with E-state index in [1.807, 2.05) is 34.6 Å². The van der Waals surface area contributed by atoms with Crippen LogP contribution in [0.3, 0.4) is 0 Å². The number of carbonyl (C=O) groups is 2. The fourth-order valence-electron chi connectivity index (χ4n) is 2.01. The molecule has 1 heterocycles. The Morgan fingerprint density at radius 3 is 2.43 bits per heavy atom. The van der Waals surface area contributed by atoms with Gasteiger partial charge in [0.05, 0.1) is 11.6 Å². The number of amides is 1. The summed E-state index contributed by atoms with van der Waals surface area (Å²) in [5.41, 5.74) is 0.545. The van der Waals surface area contributed by atoms with Crippen molar-refractivity contribution in [3.05, 3.63) is 10.6 Å². The molecule has 0 fully saturated rings. The van der Waals surface area contributed by atoms with Crippen molar-refractivity contribution in [2.75, 3.05) is 6.54 Å². The Morgan fingerprint density at radius 1 is 1.33 bits per heavy atom. The van der Waals surface area contributed by atoms with Gasteiger partial charge in [-0.15, -0.1) is 5.10 Å². The van der Waals surface area contributed by atoms with Gasteiger partial charge in [-0.3, -0.25) is 9.59 Å². The summed E-state index contributed by atoms with van der Waals surface area (Å²) in [5.74, 6) is -1.68. The highest BCUT2D eigenvalue weighted by molar-refractivity contribution is 7.08. The zero-order valence-corrected chi connectivity index (χ0v) is 14.0. The van der Waals surface area contributed by atoms with Crippen molar-refractivity contribution in [2.45, 2.75) is 47.0 Å². The van der Waals surface area contributed by atoms with Crippen molar-refractivity contribution in [1.29, 1.82) is 0 Å². The Hall–Kier alpha value is -1.50. The van der Waals surface area contributed by atoms with Gasteiger partial charge in [-0.1, -0.05) is 39.1 Å². The highest BCUT2D eigenvalue weighted by Gasteiger charge is 2.26. The molecule has 1 amide bonds. The first-order valence-electron chi connectivity index (χ1n) is 6.95. The van der Waals surface area contributed by atoms with E-state index in [1.54, 1.807) is 0 Å². The molecule has 118 valence electrons. The molecule has 0 aliphatic heterocycles. The molecule has 0 bridgehead atoms. The maximum absolute atomic E-state index is 12.2. The molecule has 1 unspecified atom stereocenters. The van der Waals surface area contributed by atoms with E-state index >= 15 is 0 Å². The fourth-order valence-corrected chi connectivity index (χ4v) is 2.75. The Balaban J connectivity index is 2.70. The average molecular weight is 313 g/mol. The van der Waals surface area contributed by atoms with E-state index in [4.69, 9.17) is 0 Å². The second-order valence-electron chi connectivity index (χ2n) is 6.65. The number of nitrogens with one attached hydrogen (secondary N) is 1. The zero-order valence-electron chi connectivity index (χ0n) is 13.1. The lowest BCUT2D eigenvalue weighted by molar-refractivity contribution is -0.142. The summed E-state index contributed by atoms with van der Waals surface area (Å²) < 4.78 is 3.80. The number of hydrogen-bond acceptors (Lipinski definition) is 5. The highest BCUT2D eigenvalue weighted by Crippen LogP contribution is 2.24. The van der Waals surface area contributed by atoms with E-state index in [1.165, 1.54) is 0 Å². The molecule has 0 aliphatic carbocycles. The first kappa shape index (κ1) is 17.6. The van der Waals surface area contributed by atoms with Crippen LogP contribution in [0.25, 0.3) is 0 Å². The Labute approximate surface area is 129 Å². The van der Waals surface area contributed by atoms with Crippen LogP contribution in [0, 0.1) is 11.3 Å². The lowest BCUT2D eigenvalue weighted by atomic mass is 9.84. The van der Waals surface area contributed by atoms with Crippen LogP contribution in [0.15, 0.2) is 0 Å². The third-order valence-electron chi connectivity index (χ3n) is 2.98.